The van der Waals surface area contributed by atoms with Crippen LogP contribution in [0.2, 0.25) is 0 Å². The molecule has 10 heteroatoms. The quantitative estimate of drug-likeness (QED) is 0.280. The molecule has 98 valence electrons. The van der Waals surface area contributed by atoms with E-state index in [2.05, 4.69) is 15.1 Å². The van der Waals surface area contributed by atoms with E-state index < -0.39 is 4.92 Å². The van der Waals surface area contributed by atoms with E-state index in [1.54, 1.807) is 0 Å². The molecule has 0 spiro atoms. The molecule has 0 atom stereocenters. The molecule has 0 saturated heterocycles. The van der Waals surface area contributed by atoms with E-state index in [1.807, 2.05) is 0 Å². The summed E-state index contributed by atoms with van der Waals surface area (Å²) in [7, 11) is 0. The first-order chi connectivity index (χ1) is 9.11. The molecule has 2 heterocycles. The first-order valence-corrected chi connectivity index (χ1v) is 5.63. The zero-order valence-corrected chi connectivity index (χ0v) is 10.1. The highest BCUT2D eigenvalue weighted by Gasteiger charge is 2.20. The van der Waals surface area contributed by atoms with Crippen LogP contribution in [0.3, 0.4) is 0 Å². The van der Waals surface area contributed by atoms with Crippen molar-refractivity contribution in [3.05, 3.63) is 40.4 Å². The van der Waals surface area contributed by atoms with Gasteiger partial charge in [0.1, 0.15) is 6.26 Å². The third kappa shape index (κ3) is 2.80. The normalized spacial score (nSPS) is 11.5. The van der Waals surface area contributed by atoms with Crippen LogP contribution in [0.5, 0.6) is 0 Å². The maximum absolute atomic E-state index is 11.0. The second-order valence-electron chi connectivity index (χ2n) is 3.19. The third-order valence-electron chi connectivity index (χ3n) is 2.03. The van der Waals surface area contributed by atoms with Crippen LogP contribution in [0.1, 0.15) is 5.56 Å². The fourth-order valence-electron chi connectivity index (χ4n) is 1.19. The van der Waals surface area contributed by atoms with Crippen molar-refractivity contribution >= 4 is 23.3 Å². The second-order valence-corrected chi connectivity index (χ2v) is 4.13. The van der Waals surface area contributed by atoms with E-state index in [0.29, 0.717) is 0 Å². The van der Waals surface area contributed by atoms with Crippen molar-refractivity contribution in [2.45, 2.75) is 10.2 Å². The van der Waals surface area contributed by atoms with Gasteiger partial charge in [-0.25, -0.2) is 9.97 Å². The van der Waals surface area contributed by atoms with Gasteiger partial charge in [0.25, 0.3) is 5.22 Å². The molecule has 0 radical (unpaired) electrons. The van der Waals surface area contributed by atoms with Gasteiger partial charge in [-0.05, 0) is 11.8 Å². The fraction of sp³-hybridized carbons (Fsp3) is 0. The molecule has 2 rings (SSSR count). The Morgan fingerprint density at radius 3 is 2.95 bits per heavy atom. The molecule has 0 saturated carbocycles. The Labute approximate surface area is 110 Å². The molecule has 3 N–H and O–H groups in total. The molecule has 0 unspecified atom stereocenters. The molecule has 19 heavy (non-hydrogen) atoms. The van der Waals surface area contributed by atoms with Crippen molar-refractivity contribution in [3.8, 4) is 0 Å². The van der Waals surface area contributed by atoms with Crippen molar-refractivity contribution in [2.75, 3.05) is 0 Å². The summed E-state index contributed by atoms with van der Waals surface area (Å²) in [6.07, 6.45) is 4.02. The van der Waals surface area contributed by atoms with Crippen LogP contribution in [0.25, 0.3) is 0 Å². The zero-order valence-electron chi connectivity index (χ0n) is 9.26. The van der Waals surface area contributed by atoms with Crippen LogP contribution in [0.4, 0.5) is 5.69 Å². The average Bonchev–Trinajstić information content (AvgIpc) is 2.91. The predicted molar refractivity (Wildman–Crippen MR) is 64.0 cm³/mol. The van der Waals surface area contributed by atoms with Crippen molar-refractivity contribution in [2.24, 2.45) is 10.9 Å². The highest BCUT2D eigenvalue weighted by Crippen LogP contribution is 2.32. The molecule has 2 aromatic heterocycles. The van der Waals surface area contributed by atoms with Gasteiger partial charge in [-0.15, -0.1) is 0 Å². The summed E-state index contributed by atoms with van der Waals surface area (Å²) in [6, 6.07) is 1.16. The lowest BCUT2D eigenvalue weighted by Gasteiger charge is -2.02. The SMILES string of the molecule is N/C(=N/O)c1cnc(Sc2ncco2)c([N+](=O)[O-])c1. The molecule has 0 aliphatic rings. The number of hydrogen-bond donors (Lipinski definition) is 2. The van der Waals surface area contributed by atoms with Crippen LogP contribution in [0.15, 0.2) is 44.5 Å². The molecule has 0 bridgehead atoms. The Kier molecular flexibility index (Phi) is 3.61. The smallest absolute Gasteiger partial charge is 0.302 e. The van der Waals surface area contributed by atoms with E-state index in [9.17, 15) is 10.1 Å². The number of nitrogens with two attached hydrogens (primary N) is 1. The molecule has 9 nitrogen and oxygen atoms in total. The number of hydrogen-bond acceptors (Lipinski definition) is 8. The Hall–Kier alpha value is -2.62. The average molecular weight is 281 g/mol. The Bertz CT molecular complexity index is 628. The number of oxazole rings is 1. The van der Waals surface area contributed by atoms with Crippen molar-refractivity contribution in [3.63, 3.8) is 0 Å². The Balaban J connectivity index is 2.41. The van der Waals surface area contributed by atoms with Gasteiger partial charge >= 0.3 is 5.69 Å². The van der Waals surface area contributed by atoms with E-state index >= 15 is 0 Å². The summed E-state index contributed by atoms with van der Waals surface area (Å²) in [5.41, 5.74) is 5.21. The molecule has 0 amide bonds. The topological polar surface area (TPSA) is 141 Å². The van der Waals surface area contributed by atoms with Crippen LogP contribution in [-0.4, -0.2) is 25.9 Å². The zero-order chi connectivity index (χ0) is 13.8. The van der Waals surface area contributed by atoms with Gasteiger partial charge < -0.3 is 15.4 Å². The molecular weight excluding hydrogens is 274 g/mol. The lowest BCUT2D eigenvalue weighted by atomic mass is 10.2. The summed E-state index contributed by atoms with van der Waals surface area (Å²) in [4.78, 5) is 18.1. The molecule has 0 aliphatic heterocycles. The highest BCUT2D eigenvalue weighted by molar-refractivity contribution is 7.99. The van der Waals surface area contributed by atoms with Crippen molar-refractivity contribution < 1.29 is 14.5 Å². The van der Waals surface area contributed by atoms with E-state index in [-0.39, 0.29) is 27.3 Å². The van der Waals surface area contributed by atoms with E-state index in [4.69, 9.17) is 15.4 Å². The Morgan fingerprint density at radius 1 is 1.58 bits per heavy atom. The van der Waals surface area contributed by atoms with Gasteiger partial charge in [0.05, 0.1) is 11.1 Å². The van der Waals surface area contributed by atoms with Crippen LogP contribution < -0.4 is 5.73 Å². The molecule has 0 aliphatic carbocycles. The van der Waals surface area contributed by atoms with Gasteiger partial charge in [-0.3, -0.25) is 10.1 Å². The monoisotopic (exact) mass is 281 g/mol. The van der Waals surface area contributed by atoms with Crippen LogP contribution >= 0.6 is 11.8 Å². The summed E-state index contributed by atoms with van der Waals surface area (Å²) in [5, 5.41) is 22.6. The van der Waals surface area contributed by atoms with Crippen LogP contribution in [-0.2, 0) is 0 Å². The minimum absolute atomic E-state index is 0.0990. The molecule has 2 aromatic rings. The Morgan fingerprint density at radius 2 is 2.37 bits per heavy atom. The minimum Gasteiger partial charge on any atom is -0.440 e. The minimum atomic E-state index is -0.619. The number of oxime groups is 1. The number of rotatable bonds is 4. The second kappa shape index (κ2) is 5.35. The van der Waals surface area contributed by atoms with Gasteiger partial charge in [-0.2, -0.15) is 0 Å². The molecule has 0 aromatic carbocycles. The number of pyridine rings is 1. The van der Waals surface area contributed by atoms with E-state index in [0.717, 1.165) is 17.8 Å². The molecular formula is C9H7N5O4S. The standard InChI is InChI=1S/C9H7N5O4S/c10-7(13-15)5-3-6(14(16)17)8(12-4-5)19-9-11-1-2-18-9/h1-4,15H,(H2,10,13). The fourth-order valence-corrected chi connectivity index (χ4v) is 1.92. The molecule has 0 fully saturated rings. The van der Waals surface area contributed by atoms with E-state index in [1.165, 1.54) is 18.7 Å². The summed E-state index contributed by atoms with van der Waals surface area (Å²) >= 11 is 0.903. The maximum Gasteiger partial charge on any atom is 0.302 e. The lowest BCUT2D eigenvalue weighted by molar-refractivity contribution is -0.388. The predicted octanol–water partition coefficient (Wildman–Crippen LogP) is 1.22. The van der Waals surface area contributed by atoms with Gasteiger partial charge in [0, 0.05) is 17.8 Å². The number of amidine groups is 1. The van der Waals surface area contributed by atoms with Crippen LogP contribution in [0, 0.1) is 10.1 Å². The van der Waals surface area contributed by atoms with Crippen molar-refractivity contribution in [1.82, 2.24) is 9.97 Å². The lowest BCUT2D eigenvalue weighted by Crippen LogP contribution is -2.14. The summed E-state index contributed by atoms with van der Waals surface area (Å²) < 4.78 is 4.97. The van der Waals surface area contributed by atoms with Gasteiger partial charge in [-0.1, -0.05) is 5.16 Å². The first-order valence-electron chi connectivity index (χ1n) is 4.81. The summed E-state index contributed by atoms with van der Waals surface area (Å²) in [5.74, 6) is -0.261. The third-order valence-corrected chi connectivity index (χ3v) is 2.91. The first kappa shape index (κ1) is 12.8. The number of nitrogens with zero attached hydrogens (tertiary/aromatic N) is 4. The number of aromatic nitrogens is 2. The largest absolute Gasteiger partial charge is 0.440 e. The van der Waals surface area contributed by atoms with Crippen molar-refractivity contribution in [1.29, 1.82) is 0 Å². The highest BCUT2D eigenvalue weighted by atomic mass is 32.2. The number of nitro groups is 1. The maximum atomic E-state index is 11.0. The van der Waals surface area contributed by atoms with Gasteiger partial charge in [0.15, 0.2) is 10.9 Å². The van der Waals surface area contributed by atoms with Gasteiger partial charge in [0.2, 0.25) is 0 Å². The summed E-state index contributed by atoms with van der Waals surface area (Å²) in [6.45, 7) is 0.